The molecule has 124 valence electrons. The molecule has 0 aliphatic rings. The molecule has 1 aromatic heterocycles. The van der Waals surface area contributed by atoms with E-state index in [2.05, 4.69) is 15.5 Å². The number of hydrogen-bond acceptors (Lipinski definition) is 5. The van der Waals surface area contributed by atoms with Crippen LogP contribution in [0.25, 0.3) is 11.4 Å². The predicted molar refractivity (Wildman–Crippen MR) is 91.4 cm³/mol. The lowest BCUT2D eigenvalue weighted by atomic mass is 10.2. The minimum Gasteiger partial charge on any atom is -0.507 e. The molecule has 1 atom stereocenters. The van der Waals surface area contributed by atoms with Gasteiger partial charge in [-0.05, 0) is 32.4 Å². The van der Waals surface area contributed by atoms with Crippen molar-refractivity contribution in [1.82, 2.24) is 20.1 Å². The van der Waals surface area contributed by atoms with Crippen molar-refractivity contribution in [3.8, 4) is 17.1 Å². The van der Waals surface area contributed by atoms with Crippen LogP contribution in [0.3, 0.4) is 0 Å². The Hall–Kier alpha value is -2.02. The highest BCUT2D eigenvalue weighted by atomic mass is 32.2. The molecule has 0 aliphatic carbocycles. The molecule has 1 unspecified atom stereocenters. The van der Waals surface area contributed by atoms with Gasteiger partial charge in [0.2, 0.25) is 5.91 Å². The van der Waals surface area contributed by atoms with Crippen molar-refractivity contribution >= 4 is 17.7 Å². The number of benzene rings is 1. The summed E-state index contributed by atoms with van der Waals surface area (Å²) in [4.78, 5) is 11.9. The number of hydrogen-bond donors (Lipinski definition) is 2. The normalized spacial score (nSPS) is 12.1. The van der Waals surface area contributed by atoms with Crippen LogP contribution in [0.1, 0.15) is 27.2 Å². The highest BCUT2D eigenvalue weighted by molar-refractivity contribution is 7.99. The third-order valence-electron chi connectivity index (χ3n) is 3.53. The molecule has 0 saturated heterocycles. The number of amides is 1. The van der Waals surface area contributed by atoms with E-state index in [9.17, 15) is 9.90 Å². The van der Waals surface area contributed by atoms with Gasteiger partial charge in [0.1, 0.15) is 5.75 Å². The van der Waals surface area contributed by atoms with Crippen LogP contribution in [-0.4, -0.2) is 37.6 Å². The standard InChI is InChI=1S/C16H22N4O2S/c1-4-11(3)17-14(22)10-23-16-19-18-15(20(16)5-2)12-8-6-7-9-13(12)21/h6-9,11,21H,4-5,10H2,1-3H3,(H,17,22). The van der Waals surface area contributed by atoms with E-state index in [1.807, 2.05) is 31.4 Å². The maximum Gasteiger partial charge on any atom is 0.230 e. The van der Waals surface area contributed by atoms with E-state index in [0.717, 1.165) is 6.42 Å². The van der Waals surface area contributed by atoms with Crippen molar-refractivity contribution in [2.75, 3.05) is 5.75 Å². The first-order chi connectivity index (χ1) is 11.1. The summed E-state index contributed by atoms with van der Waals surface area (Å²) in [6.07, 6.45) is 0.902. The number of nitrogens with one attached hydrogen (secondary N) is 1. The van der Waals surface area contributed by atoms with E-state index in [1.165, 1.54) is 11.8 Å². The summed E-state index contributed by atoms with van der Waals surface area (Å²) in [5, 5.41) is 21.9. The highest BCUT2D eigenvalue weighted by Crippen LogP contribution is 2.29. The van der Waals surface area contributed by atoms with Gasteiger partial charge in [0.05, 0.1) is 11.3 Å². The second kappa shape index (κ2) is 8.01. The molecule has 2 N–H and O–H groups in total. The monoisotopic (exact) mass is 334 g/mol. The fourth-order valence-corrected chi connectivity index (χ4v) is 2.90. The van der Waals surface area contributed by atoms with Crippen molar-refractivity contribution in [2.45, 2.75) is 44.9 Å². The van der Waals surface area contributed by atoms with Crippen molar-refractivity contribution in [1.29, 1.82) is 0 Å². The van der Waals surface area contributed by atoms with Crippen LogP contribution in [0.15, 0.2) is 29.4 Å². The van der Waals surface area contributed by atoms with Gasteiger partial charge in [-0.1, -0.05) is 30.8 Å². The van der Waals surface area contributed by atoms with E-state index in [4.69, 9.17) is 0 Å². The van der Waals surface area contributed by atoms with Crippen LogP contribution < -0.4 is 5.32 Å². The zero-order valence-electron chi connectivity index (χ0n) is 13.6. The lowest BCUT2D eigenvalue weighted by molar-refractivity contribution is -0.119. The quantitative estimate of drug-likeness (QED) is 0.761. The van der Waals surface area contributed by atoms with Gasteiger partial charge in [-0.15, -0.1) is 10.2 Å². The molecule has 0 aliphatic heterocycles. The molecule has 1 aromatic carbocycles. The zero-order valence-corrected chi connectivity index (χ0v) is 14.4. The summed E-state index contributed by atoms with van der Waals surface area (Å²) in [7, 11) is 0. The first kappa shape index (κ1) is 17.3. The minimum absolute atomic E-state index is 0.0147. The molecule has 7 heteroatoms. The van der Waals surface area contributed by atoms with Crippen LogP contribution in [0, 0.1) is 0 Å². The lowest BCUT2D eigenvalue weighted by Gasteiger charge is -2.11. The van der Waals surface area contributed by atoms with Gasteiger partial charge in [0.25, 0.3) is 0 Å². The molecular weight excluding hydrogens is 312 g/mol. The van der Waals surface area contributed by atoms with Gasteiger partial charge in [-0.3, -0.25) is 4.79 Å². The molecular formula is C16H22N4O2S. The van der Waals surface area contributed by atoms with Crippen LogP contribution >= 0.6 is 11.8 Å². The van der Waals surface area contributed by atoms with Crippen molar-refractivity contribution in [3.05, 3.63) is 24.3 Å². The fraction of sp³-hybridized carbons (Fsp3) is 0.438. The fourth-order valence-electron chi connectivity index (χ4n) is 2.09. The topological polar surface area (TPSA) is 80.0 Å². The van der Waals surface area contributed by atoms with Gasteiger partial charge < -0.3 is 15.0 Å². The molecule has 0 saturated carbocycles. The molecule has 0 radical (unpaired) electrons. The summed E-state index contributed by atoms with van der Waals surface area (Å²) < 4.78 is 1.90. The number of phenolic OH excluding ortho intramolecular Hbond substituents is 1. The Labute approximate surface area is 140 Å². The van der Waals surface area contributed by atoms with Gasteiger partial charge >= 0.3 is 0 Å². The average molecular weight is 334 g/mol. The highest BCUT2D eigenvalue weighted by Gasteiger charge is 2.16. The van der Waals surface area contributed by atoms with Crippen molar-refractivity contribution in [2.24, 2.45) is 0 Å². The number of phenols is 1. The summed E-state index contributed by atoms with van der Waals surface area (Å²) in [6.45, 7) is 6.65. The van der Waals surface area contributed by atoms with E-state index < -0.39 is 0 Å². The predicted octanol–water partition coefficient (Wildman–Crippen LogP) is 2.68. The van der Waals surface area contributed by atoms with Gasteiger partial charge in [0, 0.05) is 12.6 Å². The Morgan fingerprint density at radius 1 is 1.35 bits per heavy atom. The third kappa shape index (κ3) is 4.25. The molecule has 23 heavy (non-hydrogen) atoms. The van der Waals surface area contributed by atoms with Crippen LogP contribution in [0.2, 0.25) is 0 Å². The molecule has 2 rings (SSSR count). The number of aromatic nitrogens is 3. The molecule has 1 heterocycles. The maximum absolute atomic E-state index is 11.9. The summed E-state index contributed by atoms with van der Waals surface area (Å²) >= 11 is 1.35. The number of carbonyl (C=O) groups is 1. The largest absolute Gasteiger partial charge is 0.507 e. The summed E-state index contributed by atoms with van der Waals surface area (Å²) in [5.41, 5.74) is 0.637. The van der Waals surface area contributed by atoms with E-state index in [0.29, 0.717) is 28.8 Å². The minimum atomic E-state index is -0.0147. The number of carbonyl (C=O) groups excluding carboxylic acids is 1. The molecule has 0 fully saturated rings. The second-order valence-corrected chi connectivity index (χ2v) is 6.18. The number of thioether (sulfide) groups is 1. The van der Waals surface area contributed by atoms with Crippen molar-refractivity contribution in [3.63, 3.8) is 0 Å². The second-order valence-electron chi connectivity index (χ2n) is 5.23. The van der Waals surface area contributed by atoms with E-state index in [-0.39, 0.29) is 17.7 Å². The Morgan fingerprint density at radius 2 is 2.09 bits per heavy atom. The number of aromatic hydroxyl groups is 1. The zero-order chi connectivity index (χ0) is 16.8. The smallest absolute Gasteiger partial charge is 0.230 e. The first-order valence-corrected chi connectivity index (χ1v) is 8.69. The van der Waals surface area contributed by atoms with Crippen LogP contribution in [-0.2, 0) is 11.3 Å². The van der Waals surface area contributed by atoms with Gasteiger partial charge in [-0.2, -0.15) is 0 Å². The molecule has 0 spiro atoms. The Balaban J connectivity index is 2.13. The first-order valence-electron chi connectivity index (χ1n) is 7.70. The Bertz CT molecular complexity index is 672. The molecule has 0 bridgehead atoms. The Morgan fingerprint density at radius 3 is 2.74 bits per heavy atom. The van der Waals surface area contributed by atoms with Gasteiger partial charge in [0.15, 0.2) is 11.0 Å². The van der Waals surface area contributed by atoms with Crippen LogP contribution in [0.5, 0.6) is 5.75 Å². The summed E-state index contributed by atoms with van der Waals surface area (Å²) in [5.74, 6) is 1.05. The Kier molecular flexibility index (Phi) is 6.04. The molecule has 2 aromatic rings. The average Bonchev–Trinajstić information content (AvgIpc) is 2.95. The number of para-hydroxylation sites is 1. The van der Waals surface area contributed by atoms with Gasteiger partial charge in [-0.25, -0.2) is 0 Å². The third-order valence-corrected chi connectivity index (χ3v) is 4.50. The summed E-state index contributed by atoms with van der Waals surface area (Å²) in [6, 6.07) is 7.20. The number of nitrogens with zero attached hydrogens (tertiary/aromatic N) is 3. The van der Waals surface area contributed by atoms with Crippen molar-refractivity contribution < 1.29 is 9.90 Å². The molecule has 1 amide bonds. The molecule has 6 nitrogen and oxygen atoms in total. The maximum atomic E-state index is 11.9. The van der Waals surface area contributed by atoms with Crippen LogP contribution in [0.4, 0.5) is 0 Å². The lowest BCUT2D eigenvalue weighted by Crippen LogP contribution is -2.33. The van der Waals surface area contributed by atoms with E-state index >= 15 is 0 Å². The number of rotatable bonds is 7. The van der Waals surface area contributed by atoms with E-state index in [1.54, 1.807) is 18.2 Å². The SMILES string of the molecule is CCC(C)NC(=O)CSc1nnc(-c2ccccc2O)n1CC.